The summed E-state index contributed by atoms with van der Waals surface area (Å²) in [5.74, 6) is -0.0408. The number of imide groups is 1. The van der Waals surface area contributed by atoms with E-state index in [1.54, 1.807) is 23.4 Å². The maximum Gasteiger partial charge on any atom is 0.255 e. The number of hydrogen-bond acceptors (Lipinski definition) is 5. The molecule has 0 radical (unpaired) electrons. The van der Waals surface area contributed by atoms with Gasteiger partial charge in [0.1, 0.15) is 11.9 Å². The highest BCUT2D eigenvalue weighted by Gasteiger charge is 2.39. The maximum absolute atomic E-state index is 12.8. The number of hydrogen-bond donors (Lipinski definition) is 1. The first-order chi connectivity index (χ1) is 14.5. The lowest BCUT2D eigenvalue weighted by atomic mass is 10.0. The molecule has 1 N–H and O–H groups in total. The van der Waals surface area contributed by atoms with Crippen molar-refractivity contribution in [2.45, 2.75) is 25.4 Å². The molecule has 0 bridgehead atoms. The van der Waals surface area contributed by atoms with Gasteiger partial charge < -0.3 is 9.47 Å². The number of benzene rings is 1. The summed E-state index contributed by atoms with van der Waals surface area (Å²) in [7, 11) is 1.94. The monoisotopic (exact) mass is 401 g/mol. The summed E-state index contributed by atoms with van der Waals surface area (Å²) < 4.78 is 1.96. The van der Waals surface area contributed by atoms with Crippen molar-refractivity contribution < 1.29 is 14.4 Å². The van der Waals surface area contributed by atoms with Crippen molar-refractivity contribution in [1.29, 1.82) is 0 Å². The first-order valence-corrected chi connectivity index (χ1v) is 9.73. The van der Waals surface area contributed by atoms with Crippen molar-refractivity contribution in [3.05, 3.63) is 60.0 Å². The number of nitrogens with zero attached hydrogens (tertiary/aromatic N) is 4. The highest BCUT2D eigenvalue weighted by molar-refractivity contribution is 6.05. The summed E-state index contributed by atoms with van der Waals surface area (Å²) in [5.41, 5.74) is 4.13. The number of rotatable bonds is 3. The number of aromatic nitrogens is 3. The Morgan fingerprint density at radius 1 is 1.07 bits per heavy atom. The molecule has 1 saturated heterocycles. The fraction of sp³-hybridized carbons (Fsp3) is 0.227. The predicted octanol–water partition coefficient (Wildman–Crippen LogP) is 1.91. The Hall–Kier alpha value is -3.81. The minimum atomic E-state index is -0.612. The second-order valence-electron chi connectivity index (χ2n) is 7.57. The van der Waals surface area contributed by atoms with Crippen LogP contribution in [0.3, 0.4) is 0 Å². The van der Waals surface area contributed by atoms with Gasteiger partial charge in [-0.1, -0.05) is 6.07 Å². The standard InChI is InChI=1S/C22H19N5O3/c1-26-12-17(24-20(26)13-6-8-23-9-7-13)14-2-3-16-15(10-14)11-27(22(16)30)18-4-5-19(28)25-21(18)29/h2-3,6-10,12,18H,4-5,11H2,1H3,(H,25,28,29). The Labute approximate surface area is 172 Å². The van der Waals surface area contributed by atoms with Gasteiger partial charge in [0.05, 0.1) is 5.69 Å². The number of amides is 3. The van der Waals surface area contributed by atoms with Crippen molar-refractivity contribution in [2.24, 2.45) is 7.05 Å². The average molecular weight is 401 g/mol. The molecule has 3 amide bonds. The van der Waals surface area contributed by atoms with Crippen LogP contribution >= 0.6 is 0 Å². The van der Waals surface area contributed by atoms with E-state index < -0.39 is 11.9 Å². The summed E-state index contributed by atoms with van der Waals surface area (Å²) in [6, 6.07) is 8.83. The summed E-state index contributed by atoms with van der Waals surface area (Å²) in [4.78, 5) is 46.8. The molecular weight excluding hydrogens is 382 g/mol. The number of aryl methyl sites for hydroxylation is 1. The van der Waals surface area contributed by atoms with E-state index in [-0.39, 0.29) is 18.2 Å². The van der Waals surface area contributed by atoms with Crippen molar-refractivity contribution in [1.82, 2.24) is 24.8 Å². The lowest BCUT2D eigenvalue weighted by Crippen LogP contribution is -2.52. The highest BCUT2D eigenvalue weighted by Crippen LogP contribution is 2.31. The second-order valence-corrected chi connectivity index (χ2v) is 7.57. The van der Waals surface area contributed by atoms with Crippen LogP contribution in [0.15, 0.2) is 48.9 Å². The molecule has 1 atom stereocenters. The Balaban J connectivity index is 1.44. The third kappa shape index (κ3) is 2.97. The van der Waals surface area contributed by atoms with E-state index >= 15 is 0 Å². The van der Waals surface area contributed by atoms with Crippen molar-refractivity contribution in [2.75, 3.05) is 0 Å². The van der Waals surface area contributed by atoms with Crippen molar-refractivity contribution in [3.63, 3.8) is 0 Å². The van der Waals surface area contributed by atoms with Crippen LogP contribution in [0, 0.1) is 0 Å². The lowest BCUT2D eigenvalue weighted by Gasteiger charge is -2.29. The number of imidazole rings is 1. The third-order valence-corrected chi connectivity index (χ3v) is 5.63. The SMILES string of the molecule is Cn1cc(-c2ccc3c(c2)CN(C2CCC(=O)NC2=O)C3=O)nc1-c1ccncc1. The lowest BCUT2D eigenvalue weighted by molar-refractivity contribution is -0.136. The van der Waals surface area contributed by atoms with Gasteiger partial charge in [-0.3, -0.25) is 24.7 Å². The number of pyridine rings is 1. The maximum atomic E-state index is 12.8. The number of carbonyl (C=O) groups is 3. The van der Waals surface area contributed by atoms with Gasteiger partial charge in [0.15, 0.2) is 0 Å². The molecule has 2 aliphatic rings. The van der Waals surface area contributed by atoms with Crippen LogP contribution in [-0.2, 0) is 23.2 Å². The Morgan fingerprint density at radius 2 is 1.87 bits per heavy atom. The number of nitrogens with one attached hydrogen (secondary N) is 1. The van der Waals surface area contributed by atoms with Gasteiger partial charge >= 0.3 is 0 Å². The molecule has 1 unspecified atom stereocenters. The van der Waals surface area contributed by atoms with E-state index in [0.717, 1.165) is 28.2 Å². The fourth-order valence-corrected chi connectivity index (χ4v) is 4.11. The second kappa shape index (κ2) is 6.91. The highest BCUT2D eigenvalue weighted by atomic mass is 16.2. The zero-order valence-electron chi connectivity index (χ0n) is 16.3. The first-order valence-electron chi connectivity index (χ1n) is 9.73. The summed E-state index contributed by atoms with van der Waals surface area (Å²) in [6.07, 6.45) is 6.01. The van der Waals surface area contributed by atoms with E-state index in [2.05, 4.69) is 10.3 Å². The fourth-order valence-electron chi connectivity index (χ4n) is 4.11. The molecule has 0 spiro atoms. The Kier molecular flexibility index (Phi) is 4.20. The summed E-state index contributed by atoms with van der Waals surface area (Å²) in [6.45, 7) is 0.346. The number of piperidine rings is 1. The molecule has 30 heavy (non-hydrogen) atoms. The molecule has 1 fully saturated rings. The number of fused-ring (bicyclic) bond motifs is 1. The molecule has 2 aromatic heterocycles. The largest absolute Gasteiger partial charge is 0.333 e. The van der Waals surface area contributed by atoms with Crippen LogP contribution in [0.4, 0.5) is 0 Å². The normalized spacial score (nSPS) is 18.5. The van der Waals surface area contributed by atoms with Gasteiger partial charge in [0.25, 0.3) is 5.91 Å². The molecular formula is C22H19N5O3. The van der Waals surface area contributed by atoms with Gasteiger partial charge in [-0.05, 0) is 36.2 Å². The van der Waals surface area contributed by atoms with Crippen LogP contribution in [0.2, 0.25) is 0 Å². The zero-order chi connectivity index (χ0) is 20.8. The van der Waals surface area contributed by atoms with Crippen molar-refractivity contribution in [3.8, 4) is 22.6 Å². The molecule has 1 aromatic carbocycles. The molecule has 8 heteroatoms. The van der Waals surface area contributed by atoms with E-state index in [0.29, 0.717) is 18.5 Å². The van der Waals surface area contributed by atoms with E-state index in [1.807, 2.05) is 42.1 Å². The van der Waals surface area contributed by atoms with Gasteiger partial charge in [0, 0.05) is 55.3 Å². The molecule has 4 heterocycles. The van der Waals surface area contributed by atoms with Crippen LogP contribution < -0.4 is 5.32 Å². The summed E-state index contributed by atoms with van der Waals surface area (Å²) in [5, 5.41) is 2.33. The van der Waals surface area contributed by atoms with Crippen LogP contribution in [0.5, 0.6) is 0 Å². The molecule has 0 saturated carbocycles. The van der Waals surface area contributed by atoms with Crippen LogP contribution in [0.1, 0.15) is 28.8 Å². The third-order valence-electron chi connectivity index (χ3n) is 5.63. The molecule has 2 aliphatic heterocycles. The minimum absolute atomic E-state index is 0.176. The molecule has 5 rings (SSSR count). The number of carbonyl (C=O) groups excluding carboxylic acids is 3. The quantitative estimate of drug-likeness (QED) is 0.676. The van der Waals surface area contributed by atoms with Gasteiger partial charge in [0.2, 0.25) is 11.8 Å². The average Bonchev–Trinajstić information content (AvgIpc) is 3.29. The van der Waals surface area contributed by atoms with Gasteiger partial charge in [-0.25, -0.2) is 4.98 Å². The van der Waals surface area contributed by atoms with Crippen LogP contribution in [-0.4, -0.2) is 43.2 Å². The topological polar surface area (TPSA) is 97.2 Å². The first kappa shape index (κ1) is 18.2. The Morgan fingerprint density at radius 3 is 2.63 bits per heavy atom. The van der Waals surface area contributed by atoms with Gasteiger partial charge in [-0.2, -0.15) is 0 Å². The molecule has 3 aromatic rings. The van der Waals surface area contributed by atoms with E-state index in [9.17, 15) is 14.4 Å². The smallest absolute Gasteiger partial charge is 0.255 e. The minimum Gasteiger partial charge on any atom is -0.333 e. The Bertz CT molecular complexity index is 1180. The van der Waals surface area contributed by atoms with E-state index in [1.165, 1.54) is 0 Å². The van der Waals surface area contributed by atoms with E-state index in [4.69, 9.17) is 4.98 Å². The van der Waals surface area contributed by atoms with Gasteiger partial charge in [-0.15, -0.1) is 0 Å². The molecule has 8 nitrogen and oxygen atoms in total. The summed E-state index contributed by atoms with van der Waals surface area (Å²) >= 11 is 0. The molecule has 150 valence electrons. The zero-order valence-corrected chi connectivity index (χ0v) is 16.3. The molecule has 0 aliphatic carbocycles. The van der Waals surface area contributed by atoms with Crippen molar-refractivity contribution >= 4 is 17.7 Å². The van der Waals surface area contributed by atoms with Crippen LogP contribution in [0.25, 0.3) is 22.6 Å². The predicted molar refractivity (Wildman–Crippen MR) is 108 cm³/mol.